The van der Waals surface area contributed by atoms with Crippen LogP contribution >= 0.6 is 0 Å². The van der Waals surface area contributed by atoms with Crippen molar-refractivity contribution in [3.63, 3.8) is 0 Å². The topological polar surface area (TPSA) is 52.6 Å². The highest BCUT2D eigenvalue weighted by Gasteiger charge is 2.35. The van der Waals surface area contributed by atoms with Gasteiger partial charge in [-0.3, -0.25) is 9.59 Å². The van der Waals surface area contributed by atoms with Crippen molar-refractivity contribution in [1.82, 2.24) is 0 Å². The molecule has 0 radical (unpaired) electrons. The zero-order chi connectivity index (χ0) is 11.4. The molecule has 0 amide bonds. The number of carbonyl (C=O) groups excluding carboxylic acids is 2. The van der Waals surface area contributed by atoms with Gasteiger partial charge in [0.2, 0.25) is 0 Å². The Bertz CT molecular complexity index is 249. The molecular formula is C11H18O4. The Morgan fingerprint density at radius 3 is 2.13 bits per heavy atom. The smallest absolute Gasteiger partial charge is 0.308 e. The Kier molecular flexibility index (Phi) is 4.27. The van der Waals surface area contributed by atoms with Gasteiger partial charge in [-0.25, -0.2) is 0 Å². The minimum absolute atomic E-state index is 0.00301. The molecule has 0 N–H and O–H groups in total. The van der Waals surface area contributed by atoms with Gasteiger partial charge in [-0.15, -0.1) is 0 Å². The van der Waals surface area contributed by atoms with E-state index in [4.69, 9.17) is 9.47 Å². The van der Waals surface area contributed by atoms with Crippen molar-refractivity contribution < 1.29 is 19.1 Å². The molecule has 1 fully saturated rings. The van der Waals surface area contributed by atoms with E-state index in [2.05, 4.69) is 0 Å². The van der Waals surface area contributed by atoms with Gasteiger partial charge in [-0.05, 0) is 26.2 Å². The fourth-order valence-electron chi connectivity index (χ4n) is 2.15. The van der Waals surface area contributed by atoms with Crippen LogP contribution in [-0.4, -0.2) is 32.1 Å². The summed E-state index contributed by atoms with van der Waals surface area (Å²) in [5.74, 6) is -0.357. The molecule has 0 aromatic rings. The maximum absolute atomic E-state index is 11.4. The van der Waals surface area contributed by atoms with Crippen molar-refractivity contribution in [3.05, 3.63) is 0 Å². The van der Waals surface area contributed by atoms with Gasteiger partial charge in [-0.2, -0.15) is 0 Å². The van der Waals surface area contributed by atoms with Gasteiger partial charge in [0.25, 0.3) is 0 Å². The van der Waals surface area contributed by atoms with Crippen molar-refractivity contribution in [3.8, 4) is 0 Å². The number of hydrogen-bond donors (Lipinski definition) is 0. The normalized spacial score (nSPS) is 31.0. The average molecular weight is 214 g/mol. The largest absolute Gasteiger partial charge is 0.469 e. The summed E-state index contributed by atoms with van der Waals surface area (Å²) in [5.41, 5.74) is 0. The Balaban J connectivity index is 2.66. The van der Waals surface area contributed by atoms with Crippen molar-refractivity contribution in [1.29, 1.82) is 0 Å². The van der Waals surface area contributed by atoms with E-state index in [1.807, 2.05) is 0 Å². The first kappa shape index (κ1) is 12.2. The van der Waals surface area contributed by atoms with Gasteiger partial charge in [0, 0.05) is 13.0 Å². The predicted octanol–water partition coefficient (Wildman–Crippen LogP) is 1.18. The van der Waals surface area contributed by atoms with Crippen LogP contribution in [0.1, 0.15) is 26.2 Å². The standard InChI is InChI=1S/C11H18O4/c1-7(12)8-4-9(11(13)15-3)6-10(5-8)14-2/h8-10H,4-6H2,1-3H3/t8-,9+,10+/m1/s1. The number of ketones is 1. The molecule has 3 atom stereocenters. The first-order chi connectivity index (χ1) is 7.08. The third kappa shape index (κ3) is 3.02. The van der Waals surface area contributed by atoms with E-state index in [9.17, 15) is 9.59 Å². The number of esters is 1. The Morgan fingerprint density at radius 2 is 1.67 bits per heavy atom. The monoisotopic (exact) mass is 214 g/mol. The molecule has 15 heavy (non-hydrogen) atoms. The molecule has 1 rings (SSSR count). The van der Waals surface area contributed by atoms with E-state index in [-0.39, 0.29) is 29.7 Å². The van der Waals surface area contributed by atoms with E-state index in [1.165, 1.54) is 7.11 Å². The highest BCUT2D eigenvalue weighted by molar-refractivity contribution is 5.80. The highest BCUT2D eigenvalue weighted by atomic mass is 16.5. The molecule has 0 aliphatic heterocycles. The number of carbonyl (C=O) groups is 2. The molecule has 0 aromatic heterocycles. The quantitative estimate of drug-likeness (QED) is 0.662. The highest BCUT2D eigenvalue weighted by Crippen LogP contribution is 2.32. The summed E-state index contributed by atoms with van der Waals surface area (Å²) < 4.78 is 9.94. The van der Waals surface area contributed by atoms with Crippen LogP contribution in [0.3, 0.4) is 0 Å². The molecule has 1 aliphatic rings. The van der Waals surface area contributed by atoms with Crippen LogP contribution in [0.4, 0.5) is 0 Å². The summed E-state index contributed by atoms with van der Waals surface area (Å²) in [4.78, 5) is 22.7. The van der Waals surface area contributed by atoms with Gasteiger partial charge in [0.15, 0.2) is 0 Å². The van der Waals surface area contributed by atoms with Gasteiger partial charge < -0.3 is 9.47 Å². The van der Waals surface area contributed by atoms with E-state index in [0.29, 0.717) is 12.8 Å². The van der Waals surface area contributed by atoms with Crippen molar-refractivity contribution in [2.75, 3.05) is 14.2 Å². The van der Waals surface area contributed by atoms with Crippen LogP contribution < -0.4 is 0 Å². The van der Waals surface area contributed by atoms with Crippen LogP contribution in [0.15, 0.2) is 0 Å². The molecular weight excluding hydrogens is 196 g/mol. The number of methoxy groups -OCH3 is 2. The lowest BCUT2D eigenvalue weighted by molar-refractivity contribution is -0.149. The fourth-order valence-corrected chi connectivity index (χ4v) is 2.15. The van der Waals surface area contributed by atoms with E-state index >= 15 is 0 Å². The summed E-state index contributed by atoms with van der Waals surface area (Å²) in [6, 6.07) is 0. The molecule has 0 heterocycles. The number of Topliss-reactive ketones (excluding diaryl/α,β-unsaturated/α-hetero) is 1. The molecule has 1 saturated carbocycles. The first-order valence-corrected chi connectivity index (χ1v) is 5.19. The number of hydrogen-bond acceptors (Lipinski definition) is 4. The lowest BCUT2D eigenvalue weighted by Crippen LogP contribution is -2.35. The molecule has 4 heteroatoms. The minimum atomic E-state index is -0.233. The molecule has 0 aromatic carbocycles. The second-order valence-corrected chi connectivity index (χ2v) is 4.09. The molecule has 4 nitrogen and oxygen atoms in total. The van der Waals surface area contributed by atoms with Crippen molar-refractivity contribution >= 4 is 11.8 Å². The summed E-state index contributed by atoms with van der Waals surface area (Å²) in [6.45, 7) is 1.57. The summed E-state index contributed by atoms with van der Waals surface area (Å²) in [5, 5.41) is 0. The van der Waals surface area contributed by atoms with Crippen LogP contribution in [0.2, 0.25) is 0 Å². The molecule has 0 bridgehead atoms. The third-order valence-corrected chi connectivity index (χ3v) is 3.11. The Labute approximate surface area is 89.9 Å². The first-order valence-electron chi connectivity index (χ1n) is 5.19. The lowest BCUT2D eigenvalue weighted by Gasteiger charge is -2.31. The molecule has 0 spiro atoms. The summed E-state index contributed by atoms with van der Waals surface area (Å²) in [7, 11) is 2.99. The van der Waals surface area contributed by atoms with Gasteiger partial charge in [-0.1, -0.05) is 0 Å². The Morgan fingerprint density at radius 1 is 1.07 bits per heavy atom. The maximum Gasteiger partial charge on any atom is 0.308 e. The van der Waals surface area contributed by atoms with Crippen LogP contribution in [0, 0.1) is 11.8 Å². The lowest BCUT2D eigenvalue weighted by atomic mass is 9.78. The molecule has 0 saturated heterocycles. The molecule has 1 aliphatic carbocycles. The Hall–Kier alpha value is -0.900. The predicted molar refractivity (Wildman–Crippen MR) is 54.3 cm³/mol. The van der Waals surface area contributed by atoms with Gasteiger partial charge in [0.05, 0.1) is 19.1 Å². The minimum Gasteiger partial charge on any atom is -0.469 e. The summed E-state index contributed by atoms with van der Waals surface area (Å²) >= 11 is 0. The molecule has 0 unspecified atom stereocenters. The number of ether oxygens (including phenoxy) is 2. The summed E-state index contributed by atoms with van der Waals surface area (Å²) in [6.07, 6.45) is 1.98. The SMILES string of the molecule is COC(=O)[C@@H]1C[C@@H](OC)C[C@H](C(C)=O)C1. The second kappa shape index (κ2) is 5.26. The second-order valence-electron chi connectivity index (χ2n) is 4.09. The van der Waals surface area contributed by atoms with Gasteiger partial charge in [0.1, 0.15) is 5.78 Å². The van der Waals surface area contributed by atoms with E-state index < -0.39 is 0 Å². The zero-order valence-corrected chi connectivity index (χ0v) is 9.49. The molecule has 86 valence electrons. The van der Waals surface area contributed by atoms with Crippen molar-refractivity contribution in [2.24, 2.45) is 11.8 Å². The number of rotatable bonds is 3. The van der Waals surface area contributed by atoms with E-state index in [0.717, 1.165) is 6.42 Å². The van der Waals surface area contributed by atoms with Crippen LogP contribution in [-0.2, 0) is 19.1 Å². The van der Waals surface area contributed by atoms with Crippen LogP contribution in [0.5, 0.6) is 0 Å². The zero-order valence-electron chi connectivity index (χ0n) is 9.49. The fraction of sp³-hybridized carbons (Fsp3) is 0.818. The van der Waals surface area contributed by atoms with Crippen LogP contribution in [0.25, 0.3) is 0 Å². The van der Waals surface area contributed by atoms with Crippen molar-refractivity contribution in [2.45, 2.75) is 32.3 Å². The maximum atomic E-state index is 11.4. The average Bonchev–Trinajstić information content (AvgIpc) is 2.27. The van der Waals surface area contributed by atoms with Gasteiger partial charge >= 0.3 is 5.97 Å². The third-order valence-electron chi connectivity index (χ3n) is 3.11. The van der Waals surface area contributed by atoms with E-state index in [1.54, 1.807) is 14.0 Å².